The molecular weight excluding hydrogens is 234 g/mol. The van der Waals surface area contributed by atoms with Crippen molar-refractivity contribution in [3.63, 3.8) is 0 Å². The molecule has 0 radical (unpaired) electrons. The van der Waals surface area contributed by atoms with Crippen LogP contribution in [0.3, 0.4) is 0 Å². The lowest BCUT2D eigenvalue weighted by Crippen LogP contribution is -2.39. The van der Waals surface area contributed by atoms with Crippen LogP contribution in [0.15, 0.2) is 30.3 Å². The monoisotopic (exact) mass is 247 g/mol. The summed E-state index contributed by atoms with van der Waals surface area (Å²) < 4.78 is 4.96. The third-order valence-electron chi connectivity index (χ3n) is 1.92. The van der Waals surface area contributed by atoms with Crippen LogP contribution in [0.1, 0.15) is 13.8 Å². The van der Waals surface area contributed by atoms with E-state index in [-0.39, 0.29) is 6.10 Å². The Morgan fingerprint density at radius 2 is 1.94 bits per heavy atom. The Hall–Kier alpha value is -2.46. The van der Waals surface area contributed by atoms with Gasteiger partial charge in [-0.15, -0.1) is 0 Å². The van der Waals surface area contributed by atoms with Gasteiger partial charge in [0.2, 0.25) is 0 Å². The number of carbonyl (C=O) groups excluding carboxylic acids is 2. The van der Waals surface area contributed by atoms with Crippen LogP contribution >= 0.6 is 0 Å². The number of para-hydroxylation sites is 1. The summed E-state index contributed by atoms with van der Waals surface area (Å²) >= 11 is 0. The lowest BCUT2D eigenvalue weighted by Gasteiger charge is -2.18. The van der Waals surface area contributed by atoms with Crippen LogP contribution in [-0.2, 0) is 9.53 Å². The Morgan fingerprint density at radius 3 is 2.44 bits per heavy atom. The van der Waals surface area contributed by atoms with Crippen molar-refractivity contribution in [3.05, 3.63) is 35.9 Å². The smallest absolute Gasteiger partial charge is 0.421 e. The van der Waals surface area contributed by atoms with Crippen LogP contribution in [0.25, 0.3) is 5.53 Å². The average molecular weight is 247 g/mol. The molecule has 0 unspecified atom stereocenters. The van der Waals surface area contributed by atoms with Gasteiger partial charge in [0, 0.05) is 0 Å². The summed E-state index contributed by atoms with van der Waals surface area (Å²) in [6, 6.07) is 8.25. The number of benzene rings is 1. The highest BCUT2D eigenvalue weighted by Gasteiger charge is 2.26. The summed E-state index contributed by atoms with van der Waals surface area (Å²) in [7, 11) is 0. The number of nitrogens with zero attached hydrogens (tertiary/aromatic N) is 3. The largest absolute Gasteiger partial charge is 0.446 e. The number of hydrogen-bond donors (Lipinski definition) is 0. The first-order chi connectivity index (χ1) is 8.56. The molecular formula is C12H13N3O3. The summed E-state index contributed by atoms with van der Waals surface area (Å²) in [5, 5.41) is 0. The average Bonchev–Trinajstić information content (AvgIpc) is 2.30. The second kappa shape index (κ2) is 6.32. The molecule has 0 spiro atoms. The molecule has 1 rings (SSSR count). The first-order valence-corrected chi connectivity index (χ1v) is 5.33. The zero-order valence-electron chi connectivity index (χ0n) is 10.1. The van der Waals surface area contributed by atoms with Gasteiger partial charge < -0.3 is 10.3 Å². The lowest BCUT2D eigenvalue weighted by atomic mass is 10.3. The Kier molecular flexibility index (Phi) is 4.78. The van der Waals surface area contributed by atoms with Crippen LogP contribution in [0.4, 0.5) is 10.5 Å². The highest BCUT2D eigenvalue weighted by Crippen LogP contribution is 2.15. The van der Waals surface area contributed by atoms with Crippen LogP contribution in [-0.4, -0.2) is 29.1 Å². The van der Waals surface area contributed by atoms with Gasteiger partial charge >= 0.3 is 18.2 Å². The van der Waals surface area contributed by atoms with E-state index in [1.807, 2.05) is 0 Å². The molecule has 0 heterocycles. The van der Waals surface area contributed by atoms with Gasteiger partial charge in [0.25, 0.3) is 0 Å². The summed E-state index contributed by atoms with van der Waals surface area (Å²) in [6.45, 7) is 3.34. The van der Waals surface area contributed by atoms with Gasteiger partial charge in [-0.05, 0) is 26.0 Å². The van der Waals surface area contributed by atoms with Crippen molar-refractivity contribution < 1.29 is 19.1 Å². The van der Waals surface area contributed by atoms with E-state index in [2.05, 4.69) is 4.79 Å². The molecule has 0 atom stereocenters. The Labute approximate surface area is 104 Å². The molecule has 6 nitrogen and oxygen atoms in total. The molecule has 6 heteroatoms. The molecule has 0 aromatic heterocycles. The maximum Gasteiger partial charge on any atom is 0.421 e. The second-order valence-electron chi connectivity index (χ2n) is 3.69. The first-order valence-electron chi connectivity index (χ1n) is 5.33. The number of anilines is 1. The SMILES string of the molecule is CC(C)OC(=O)N(C(=O)C=[N+]=[N-])c1ccccc1. The molecule has 1 aromatic rings. The van der Waals surface area contributed by atoms with Gasteiger partial charge in [-0.1, -0.05) is 18.2 Å². The van der Waals surface area contributed by atoms with E-state index in [1.165, 1.54) is 0 Å². The number of rotatable bonds is 3. The van der Waals surface area contributed by atoms with E-state index in [1.54, 1.807) is 44.2 Å². The minimum atomic E-state index is -0.818. The molecule has 0 saturated carbocycles. The third kappa shape index (κ3) is 3.54. The summed E-state index contributed by atoms with van der Waals surface area (Å²) in [5.41, 5.74) is 8.71. The summed E-state index contributed by atoms with van der Waals surface area (Å²) in [6.07, 6.45) is -0.544. The van der Waals surface area contributed by atoms with Crippen molar-refractivity contribution >= 4 is 23.9 Å². The fourth-order valence-electron chi connectivity index (χ4n) is 1.26. The highest BCUT2D eigenvalue weighted by molar-refractivity contribution is 6.36. The topological polar surface area (TPSA) is 83.0 Å². The molecule has 0 aliphatic carbocycles. The van der Waals surface area contributed by atoms with Gasteiger partial charge in [-0.3, -0.25) is 4.79 Å². The number of hydrogen-bond acceptors (Lipinski definition) is 3. The normalized spacial score (nSPS) is 9.50. The molecule has 0 aliphatic rings. The molecule has 94 valence electrons. The number of amides is 2. The van der Waals surface area contributed by atoms with E-state index in [0.717, 1.165) is 4.90 Å². The fourth-order valence-corrected chi connectivity index (χ4v) is 1.26. The maximum absolute atomic E-state index is 11.8. The van der Waals surface area contributed by atoms with Gasteiger partial charge in [-0.2, -0.15) is 4.79 Å². The van der Waals surface area contributed by atoms with E-state index >= 15 is 0 Å². The van der Waals surface area contributed by atoms with Crippen LogP contribution in [0, 0.1) is 0 Å². The molecule has 0 fully saturated rings. The van der Waals surface area contributed by atoms with Gasteiger partial charge in [0.05, 0.1) is 11.8 Å². The predicted molar refractivity (Wildman–Crippen MR) is 65.2 cm³/mol. The summed E-state index contributed by atoms with van der Waals surface area (Å²) in [4.78, 5) is 26.9. The highest BCUT2D eigenvalue weighted by atomic mass is 16.6. The van der Waals surface area contributed by atoms with Crippen LogP contribution in [0.5, 0.6) is 0 Å². The number of ether oxygens (including phenoxy) is 1. The van der Waals surface area contributed by atoms with Crippen molar-refractivity contribution in [1.82, 2.24) is 0 Å². The van der Waals surface area contributed by atoms with E-state index < -0.39 is 12.0 Å². The summed E-state index contributed by atoms with van der Waals surface area (Å²) in [5.74, 6) is -0.783. The number of carbonyl (C=O) groups is 2. The third-order valence-corrected chi connectivity index (χ3v) is 1.92. The quantitative estimate of drug-likeness (QED) is 0.464. The van der Waals surface area contributed by atoms with Crippen molar-refractivity contribution in [2.75, 3.05) is 4.90 Å². The molecule has 1 aromatic carbocycles. The van der Waals surface area contributed by atoms with Crippen molar-refractivity contribution in [1.29, 1.82) is 0 Å². The molecule has 0 N–H and O–H groups in total. The Bertz CT molecular complexity index is 479. The molecule has 0 aliphatic heterocycles. The second-order valence-corrected chi connectivity index (χ2v) is 3.69. The van der Waals surface area contributed by atoms with Crippen molar-refractivity contribution in [2.24, 2.45) is 0 Å². The molecule has 18 heavy (non-hydrogen) atoms. The fraction of sp³-hybridized carbons (Fsp3) is 0.250. The Balaban J connectivity index is 3.07. The Morgan fingerprint density at radius 1 is 1.33 bits per heavy atom. The lowest BCUT2D eigenvalue weighted by molar-refractivity contribution is -0.115. The standard InChI is InChI=1S/C12H13N3O3/c1-9(2)18-12(17)15(11(16)8-14-13)10-6-4-3-5-7-10/h3-9H,1-2H3. The van der Waals surface area contributed by atoms with E-state index in [0.29, 0.717) is 11.9 Å². The minimum absolute atomic E-state index is 0.341. The van der Waals surface area contributed by atoms with Gasteiger partial charge in [-0.25, -0.2) is 9.69 Å². The van der Waals surface area contributed by atoms with Crippen molar-refractivity contribution in [3.8, 4) is 0 Å². The molecule has 0 bridgehead atoms. The van der Waals surface area contributed by atoms with Crippen molar-refractivity contribution in [2.45, 2.75) is 20.0 Å². The maximum atomic E-state index is 11.8. The zero-order valence-corrected chi connectivity index (χ0v) is 10.1. The first kappa shape index (κ1) is 13.6. The zero-order chi connectivity index (χ0) is 13.5. The minimum Gasteiger partial charge on any atom is -0.446 e. The van der Waals surface area contributed by atoms with E-state index in [9.17, 15) is 9.59 Å². The van der Waals surface area contributed by atoms with Crippen LogP contribution in [0.2, 0.25) is 0 Å². The van der Waals surface area contributed by atoms with Gasteiger partial charge in [0.15, 0.2) is 0 Å². The van der Waals surface area contributed by atoms with E-state index in [4.69, 9.17) is 10.3 Å². The van der Waals surface area contributed by atoms with Gasteiger partial charge in [0.1, 0.15) is 0 Å². The predicted octanol–water partition coefficient (Wildman–Crippen LogP) is 1.87. The number of imide groups is 1. The van der Waals surface area contributed by atoms with Crippen LogP contribution < -0.4 is 4.90 Å². The molecule has 0 saturated heterocycles. The molecule has 2 amide bonds.